The van der Waals surface area contributed by atoms with Crippen molar-refractivity contribution >= 4 is 23.3 Å². The summed E-state index contributed by atoms with van der Waals surface area (Å²) in [6, 6.07) is 17.4. The predicted octanol–water partition coefficient (Wildman–Crippen LogP) is 3.68. The molecule has 2 aromatic rings. The first kappa shape index (κ1) is 19.9. The van der Waals surface area contributed by atoms with E-state index in [1.165, 1.54) is 18.9 Å². The number of hydrogen-bond acceptors (Lipinski definition) is 3. The van der Waals surface area contributed by atoms with Crippen LogP contribution in [0.15, 0.2) is 54.6 Å². The normalized spacial score (nSPS) is 16.5. The topological polar surface area (TPSA) is 73.5 Å². The fourth-order valence-corrected chi connectivity index (χ4v) is 3.58. The molecule has 1 saturated heterocycles. The minimum Gasteiger partial charge on any atom is -0.338 e. The van der Waals surface area contributed by atoms with Crippen molar-refractivity contribution < 1.29 is 9.59 Å². The van der Waals surface area contributed by atoms with Crippen molar-refractivity contribution in [3.63, 3.8) is 0 Å². The van der Waals surface area contributed by atoms with Crippen LogP contribution in [0, 0.1) is 5.92 Å². The first-order chi connectivity index (χ1) is 13.6. The number of carbonyl (C=O) groups is 2. The van der Waals surface area contributed by atoms with E-state index in [9.17, 15) is 9.59 Å². The van der Waals surface area contributed by atoms with Crippen LogP contribution in [0.5, 0.6) is 0 Å². The van der Waals surface area contributed by atoms with Crippen molar-refractivity contribution in [1.29, 1.82) is 0 Å². The van der Waals surface area contributed by atoms with Gasteiger partial charge in [-0.15, -0.1) is 0 Å². The molecule has 0 aliphatic carbocycles. The molecule has 3 rings (SSSR count). The number of hydrogen-bond donors (Lipinski definition) is 3. The predicted molar refractivity (Wildman–Crippen MR) is 112 cm³/mol. The highest BCUT2D eigenvalue weighted by Crippen LogP contribution is 2.21. The Labute approximate surface area is 166 Å². The third-order valence-corrected chi connectivity index (χ3v) is 4.90. The van der Waals surface area contributed by atoms with Gasteiger partial charge in [-0.2, -0.15) is 0 Å². The first-order valence-electron chi connectivity index (χ1n) is 9.77. The summed E-state index contributed by atoms with van der Waals surface area (Å²) in [7, 11) is 0. The fourth-order valence-electron chi connectivity index (χ4n) is 3.58. The number of carbonyl (C=O) groups excluding carboxylic acids is 2. The van der Waals surface area contributed by atoms with Gasteiger partial charge in [-0.25, -0.2) is 4.79 Å². The highest BCUT2D eigenvalue weighted by molar-refractivity contribution is 5.92. The summed E-state index contributed by atoms with van der Waals surface area (Å²) in [4.78, 5) is 25.7. The summed E-state index contributed by atoms with van der Waals surface area (Å²) in [5, 5.41) is 8.44. The Kier molecular flexibility index (Phi) is 7.03. The molecule has 1 aliphatic heterocycles. The zero-order valence-corrected chi connectivity index (χ0v) is 16.3. The molecule has 0 spiro atoms. The number of amides is 3. The van der Waals surface area contributed by atoms with Gasteiger partial charge in [0.05, 0.1) is 0 Å². The summed E-state index contributed by atoms with van der Waals surface area (Å²) < 4.78 is 0. The molecule has 1 unspecified atom stereocenters. The maximum atomic E-state index is 12.1. The van der Waals surface area contributed by atoms with Gasteiger partial charge in [-0.05, 0) is 49.1 Å². The molecular formula is C22H28N4O2. The van der Waals surface area contributed by atoms with E-state index in [-0.39, 0.29) is 11.9 Å². The van der Waals surface area contributed by atoms with Gasteiger partial charge in [0.1, 0.15) is 0 Å². The summed E-state index contributed by atoms with van der Waals surface area (Å²) in [5.41, 5.74) is 2.66. The Bertz CT molecular complexity index is 794. The number of urea groups is 1. The minimum atomic E-state index is -0.223. The van der Waals surface area contributed by atoms with Crippen molar-refractivity contribution in [2.45, 2.75) is 26.3 Å². The summed E-state index contributed by atoms with van der Waals surface area (Å²) >= 11 is 0. The first-order valence-corrected chi connectivity index (χ1v) is 9.77. The van der Waals surface area contributed by atoms with Crippen molar-refractivity contribution in [3.8, 4) is 0 Å². The van der Waals surface area contributed by atoms with Crippen molar-refractivity contribution in [2.24, 2.45) is 5.92 Å². The average molecular weight is 380 g/mol. The Hall–Kier alpha value is -2.86. The maximum Gasteiger partial charge on any atom is 0.319 e. The van der Waals surface area contributed by atoms with Gasteiger partial charge in [0.25, 0.3) is 0 Å². The molecule has 6 nitrogen and oxygen atoms in total. The molecule has 0 radical (unpaired) electrons. The molecule has 1 atom stereocenters. The third-order valence-electron chi connectivity index (χ3n) is 4.90. The van der Waals surface area contributed by atoms with Crippen LogP contribution < -0.4 is 16.0 Å². The molecule has 3 N–H and O–H groups in total. The Balaban J connectivity index is 1.36. The third kappa shape index (κ3) is 6.39. The molecule has 0 aromatic heterocycles. The Morgan fingerprint density at radius 3 is 2.54 bits per heavy atom. The van der Waals surface area contributed by atoms with Crippen LogP contribution in [0.25, 0.3) is 0 Å². The molecule has 2 aromatic carbocycles. The molecule has 3 amide bonds. The standard InChI is InChI=1S/C22H28N4O2/c1-17(27)24-20-8-5-9-21(14-20)25-22(28)23-12-10-19-11-13-26(16-19)15-18-6-3-2-4-7-18/h2-9,14,19H,10-13,15-16H2,1H3,(H,24,27)(H2,23,25,28). The zero-order chi connectivity index (χ0) is 19.8. The van der Waals surface area contributed by atoms with Crippen LogP contribution in [0.2, 0.25) is 0 Å². The highest BCUT2D eigenvalue weighted by Gasteiger charge is 2.22. The van der Waals surface area contributed by atoms with Crippen molar-refractivity contribution in [2.75, 3.05) is 30.3 Å². The lowest BCUT2D eigenvalue weighted by molar-refractivity contribution is -0.114. The molecular weight excluding hydrogens is 352 g/mol. The van der Waals surface area contributed by atoms with E-state index in [0.717, 1.165) is 26.1 Å². The molecule has 148 valence electrons. The largest absolute Gasteiger partial charge is 0.338 e. The number of benzene rings is 2. The van der Waals surface area contributed by atoms with Crippen LogP contribution >= 0.6 is 0 Å². The van der Waals surface area contributed by atoms with Gasteiger partial charge in [0.2, 0.25) is 5.91 Å². The zero-order valence-electron chi connectivity index (χ0n) is 16.3. The molecule has 1 heterocycles. The smallest absolute Gasteiger partial charge is 0.319 e. The van der Waals surface area contributed by atoms with E-state index >= 15 is 0 Å². The fraction of sp³-hybridized carbons (Fsp3) is 0.364. The number of rotatable bonds is 7. The molecule has 0 saturated carbocycles. The number of likely N-dealkylation sites (tertiary alicyclic amines) is 1. The van der Waals surface area contributed by atoms with E-state index in [4.69, 9.17) is 0 Å². The second kappa shape index (κ2) is 9.90. The average Bonchev–Trinajstić information content (AvgIpc) is 3.09. The monoisotopic (exact) mass is 380 g/mol. The van der Waals surface area contributed by atoms with Crippen LogP contribution in [0.4, 0.5) is 16.2 Å². The number of nitrogens with one attached hydrogen (secondary N) is 3. The summed E-state index contributed by atoms with van der Waals surface area (Å²) in [6.45, 7) is 5.30. The van der Waals surface area contributed by atoms with Crippen LogP contribution in [0.3, 0.4) is 0 Å². The van der Waals surface area contributed by atoms with Gasteiger partial charge in [0, 0.05) is 37.9 Å². The summed E-state index contributed by atoms with van der Waals surface area (Å²) in [5.74, 6) is 0.478. The Morgan fingerprint density at radius 1 is 1.04 bits per heavy atom. The van der Waals surface area contributed by atoms with Gasteiger partial charge in [0.15, 0.2) is 0 Å². The van der Waals surface area contributed by atoms with Gasteiger partial charge < -0.3 is 16.0 Å². The molecule has 1 aliphatic rings. The molecule has 28 heavy (non-hydrogen) atoms. The van der Waals surface area contributed by atoms with E-state index in [1.807, 2.05) is 6.07 Å². The summed E-state index contributed by atoms with van der Waals surface area (Å²) in [6.07, 6.45) is 2.15. The number of anilines is 2. The van der Waals surface area contributed by atoms with E-state index in [0.29, 0.717) is 23.8 Å². The van der Waals surface area contributed by atoms with Crippen LogP contribution in [-0.2, 0) is 11.3 Å². The second-order valence-electron chi connectivity index (χ2n) is 7.31. The van der Waals surface area contributed by atoms with Crippen LogP contribution in [0.1, 0.15) is 25.3 Å². The Morgan fingerprint density at radius 2 is 1.79 bits per heavy atom. The van der Waals surface area contributed by atoms with Crippen molar-refractivity contribution in [1.82, 2.24) is 10.2 Å². The van der Waals surface area contributed by atoms with Gasteiger partial charge >= 0.3 is 6.03 Å². The maximum absolute atomic E-state index is 12.1. The van der Waals surface area contributed by atoms with Gasteiger partial charge in [-0.3, -0.25) is 9.69 Å². The lowest BCUT2D eigenvalue weighted by Crippen LogP contribution is -2.31. The molecule has 0 bridgehead atoms. The highest BCUT2D eigenvalue weighted by atomic mass is 16.2. The molecule has 1 fully saturated rings. The molecule has 6 heteroatoms. The quantitative estimate of drug-likeness (QED) is 0.686. The second-order valence-corrected chi connectivity index (χ2v) is 7.31. The lowest BCUT2D eigenvalue weighted by atomic mass is 10.1. The van der Waals surface area contributed by atoms with E-state index < -0.39 is 0 Å². The number of nitrogens with zero attached hydrogens (tertiary/aromatic N) is 1. The minimum absolute atomic E-state index is 0.139. The van der Waals surface area contributed by atoms with E-state index in [2.05, 4.69) is 45.1 Å². The van der Waals surface area contributed by atoms with E-state index in [1.54, 1.807) is 24.3 Å². The van der Waals surface area contributed by atoms with Crippen LogP contribution in [-0.4, -0.2) is 36.5 Å². The van der Waals surface area contributed by atoms with Crippen molar-refractivity contribution in [3.05, 3.63) is 60.2 Å². The SMILES string of the molecule is CC(=O)Nc1cccc(NC(=O)NCCC2CCN(Cc3ccccc3)C2)c1. The van der Waals surface area contributed by atoms with Gasteiger partial charge in [-0.1, -0.05) is 36.4 Å². The lowest BCUT2D eigenvalue weighted by Gasteiger charge is -2.16.